The molecule has 14 heavy (non-hydrogen) atoms. The van der Waals surface area contributed by atoms with Gasteiger partial charge in [-0.3, -0.25) is 8.42 Å². The summed E-state index contributed by atoms with van der Waals surface area (Å²) in [7, 11) is 25.2. The molecule has 0 aromatic rings. The average Bonchev–Trinajstić information content (AvgIpc) is 1.04. The van der Waals surface area contributed by atoms with Gasteiger partial charge in [-0.1, -0.05) is 0 Å². The van der Waals surface area contributed by atoms with Crippen LogP contribution in [0.15, 0.2) is 0 Å². The molecule has 0 aliphatic rings. The number of hydrogen-bond donors (Lipinski definition) is 0. The third-order valence-corrected chi connectivity index (χ3v) is 0. The molecular formula is Cl6Na2O4OsS. The third-order valence-electron chi connectivity index (χ3n) is 0. The van der Waals surface area contributed by atoms with Crippen LogP contribution in [-0.4, -0.2) is 17.5 Å². The van der Waals surface area contributed by atoms with E-state index in [-0.39, 0.29) is 59.1 Å². The van der Waals surface area contributed by atoms with E-state index in [1.165, 1.54) is 0 Å². The Morgan fingerprint density at radius 2 is 0.786 bits per heavy atom. The minimum atomic E-state index is -5.38. The van der Waals surface area contributed by atoms with Crippen LogP contribution in [0.3, 0.4) is 0 Å². The molecule has 0 atom stereocenters. The van der Waals surface area contributed by atoms with Crippen LogP contribution in [0.25, 0.3) is 0 Å². The van der Waals surface area contributed by atoms with Crippen LogP contribution in [0.4, 0.5) is 0 Å². The Morgan fingerprint density at radius 1 is 0.786 bits per heavy atom. The predicted octanol–water partition coefficient (Wildman–Crippen LogP) is -3.20. The van der Waals surface area contributed by atoms with Gasteiger partial charge in [0.2, 0.25) is 0 Å². The molecule has 82 valence electrons. The molecule has 0 saturated carbocycles. The van der Waals surface area contributed by atoms with Crippen molar-refractivity contribution < 1.29 is 83.3 Å². The van der Waals surface area contributed by atoms with Gasteiger partial charge in [-0.2, -0.15) is 0 Å². The second kappa shape index (κ2) is 7.14. The molecule has 14 heteroatoms. The monoisotopic (exact) mass is 544 g/mol. The third kappa shape index (κ3) is 209. The first kappa shape index (κ1) is 26.7. The van der Waals surface area contributed by atoms with Crippen molar-refractivity contribution in [2.24, 2.45) is 0 Å². The molecule has 0 radical (unpaired) electrons. The molecule has 0 aliphatic carbocycles. The number of halogens is 6. The van der Waals surface area contributed by atoms with Crippen LogP contribution >= 0.6 is 57.8 Å². The van der Waals surface area contributed by atoms with Gasteiger partial charge in [0.15, 0.2) is 0 Å². The zero-order chi connectivity index (χ0) is 10.9. The fraction of sp³-hybridized carbons (Fsp3) is 0. The molecule has 0 N–H and O–H groups in total. The molecule has 0 unspecified atom stereocenters. The molecule has 4 nitrogen and oxygen atoms in total. The minimum absolute atomic E-state index is 0. The fourth-order valence-electron chi connectivity index (χ4n) is 0. The maximum atomic E-state index is 8.52. The van der Waals surface area contributed by atoms with Crippen molar-refractivity contribution in [3.63, 3.8) is 0 Å². The van der Waals surface area contributed by atoms with Gasteiger partial charge in [-0.15, -0.1) is 0 Å². The summed E-state index contributed by atoms with van der Waals surface area (Å²) in [6, 6.07) is 0. The summed E-state index contributed by atoms with van der Waals surface area (Å²) in [5.41, 5.74) is 0. The Hall–Kier alpha value is 4.25. The summed E-state index contributed by atoms with van der Waals surface area (Å²) in [6.07, 6.45) is 0. The van der Waals surface area contributed by atoms with Crippen molar-refractivity contribution in [1.29, 1.82) is 0 Å². The Labute approximate surface area is 148 Å². The Kier molecular flexibility index (Phi) is 13.6. The first-order chi connectivity index (χ1) is 4.45. The van der Waals surface area contributed by atoms with E-state index in [2.05, 4.69) is 0 Å². The summed E-state index contributed by atoms with van der Waals surface area (Å²) >= 11 is 0. The molecule has 0 saturated heterocycles. The summed E-state index contributed by atoms with van der Waals surface area (Å²) in [5, 5.41) is 0. The molecule has 0 amide bonds. The van der Waals surface area contributed by atoms with E-state index in [0.717, 1.165) is 0 Å². The van der Waals surface area contributed by atoms with Crippen LogP contribution in [0.2, 0.25) is 0 Å². The second-order valence-electron chi connectivity index (χ2n) is 1.17. The van der Waals surface area contributed by atoms with Crippen molar-refractivity contribution in [3.05, 3.63) is 0 Å². The van der Waals surface area contributed by atoms with E-state index in [4.69, 9.17) is 75.3 Å². The van der Waals surface area contributed by atoms with Crippen molar-refractivity contribution in [3.8, 4) is 0 Å². The van der Waals surface area contributed by atoms with Gasteiger partial charge >= 0.3 is 124 Å². The average molecular weight is 545 g/mol. The van der Waals surface area contributed by atoms with Crippen molar-refractivity contribution in [2.45, 2.75) is 0 Å². The Bertz CT molecular complexity index is 230. The zero-order valence-electron chi connectivity index (χ0n) is 6.66. The summed E-state index contributed by atoms with van der Waals surface area (Å²) in [4.78, 5) is 0. The van der Waals surface area contributed by atoms with Gasteiger partial charge in [0.25, 0.3) is 0 Å². The Morgan fingerprint density at radius 3 is 0.786 bits per heavy atom. The van der Waals surface area contributed by atoms with Crippen LogP contribution in [0, 0.1) is 0 Å². The quantitative estimate of drug-likeness (QED) is 0.183. The van der Waals surface area contributed by atoms with Gasteiger partial charge in [0.1, 0.15) is 0 Å². The van der Waals surface area contributed by atoms with Crippen molar-refractivity contribution >= 4 is 68.2 Å². The van der Waals surface area contributed by atoms with Crippen LogP contribution in [0.1, 0.15) is 0 Å². The van der Waals surface area contributed by atoms with E-state index >= 15 is 0 Å². The van der Waals surface area contributed by atoms with Crippen molar-refractivity contribution in [1.82, 2.24) is 0 Å². The maximum absolute atomic E-state index is 8.52. The summed E-state index contributed by atoms with van der Waals surface area (Å²) < 4.78 is 34.1. The second-order valence-corrected chi connectivity index (χ2v) is 57.0. The standard InChI is InChI=1S/6ClH.2Na.H2O4S.Os/c;;;;;;;;1-5(2,3)4;/h6*1H;;;(H2,1,2,3,4);/q;;;;;;2*+1;;+6/p-8. The molecule has 0 spiro atoms. The minimum Gasteiger partial charge on any atom is 1.00 e. The van der Waals surface area contributed by atoms with E-state index in [1.807, 2.05) is 0 Å². The van der Waals surface area contributed by atoms with Crippen LogP contribution in [-0.2, 0) is 17.0 Å². The van der Waals surface area contributed by atoms with Crippen LogP contribution < -0.4 is 59.1 Å². The predicted molar refractivity (Wildman–Crippen MR) is 45.6 cm³/mol. The Balaban J connectivity index is -0.0000000651. The number of hydrogen-bond acceptors (Lipinski definition) is 4. The van der Waals surface area contributed by atoms with E-state index in [1.54, 1.807) is 0 Å². The largest absolute Gasteiger partial charge is 1.00 e. The molecule has 0 aliphatic heterocycles. The molecular weight excluding hydrogens is 545 g/mol. The van der Waals surface area contributed by atoms with Gasteiger partial charge in [0, 0.05) is 10.4 Å². The summed E-state index contributed by atoms with van der Waals surface area (Å²) in [6.45, 7) is -5.38. The maximum Gasteiger partial charge on any atom is 1.00 e. The molecule has 0 fully saturated rings. The molecule has 0 aromatic carbocycles. The van der Waals surface area contributed by atoms with Gasteiger partial charge in [-0.05, 0) is 0 Å². The van der Waals surface area contributed by atoms with E-state index in [0.29, 0.717) is 0 Å². The molecule has 0 bridgehead atoms. The fourth-order valence-corrected chi connectivity index (χ4v) is 0. The van der Waals surface area contributed by atoms with E-state index < -0.39 is 17.0 Å². The molecule has 0 heterocycles. The smallest absolute Gasteiger partial charge is 1.00 e. The van der Waals surface area contributed by atoms with E-state index in [9.17, 15) is 0 Å². The van der Waals surface area contributed by atoms with Crippen LogP contribution in [0.5, 0.6) is 0 Å². The van der Waals surface area contributed by atoms with Crippen molar-refractivity contribution in [2.75, 3.05) is 0 Å². The van der Waals surface area contributed by atoms with Gasteiger partial charge < -0.3 is 9.11 Å². The number of rotatable bonds is 0. The summed E-state index contributed by atoms with van der Waals surface area (Å²) in [5.74, 6) is 0. The SMILES string of the molecule is O=S(=O)([O-])[O-].[Cl][Os]([Cl])([Cl])([Cl])([Cl])[Cl].[Na+].[Na+]. The van der Waals surface area contributed by atoms with Gasteiger partial charge in [-0.25, -0.2) is 0 Å². The molecule has 0 rings (SSSR count). The topological polar surface area (TPSA) is 80.3 Å². The zero-order valence-corrected chi connectivity index (χ0v) is 18.6. The van der Waals surface area contributed by atoms with Gasteiger partial charge in [0.05, 0.1) is 0 Å². The molecule has 0 aromatic heterocycles. The first-order valence-electron chi connectivity index (χ1n) is 1.47. The normalized spacial score (nSPS) is 15.7. The first-order valence-corrected chi connectivity index (χ1v) is 21.7.